The fourth-order valence-corrected chi connectivity index (χ4v) is 3.38. The van der Waals surface area contributed by atoms with Gasteiger partial charge in [0.05, 0.1) is 24.5 Å². The molecule has 8 nitrogen and oxygen atoms in total. The molecule has 1 aromatic carbocycles. The lowest BCUT2D eigenvalue weighted by molar-refractivity contribution is 0.000422. The molecule has 0 unspecified atom stereocenters. The lowest BCUT2D eigenvalue weighted by Gasteiger charge is -2.31. The standard InChI is InChI=1S/C16H25N3O5S/c1-12-3-4-15(24-7-5-17)14(9-12)16(20)18-10-13-11-19(6-8-23-13)25(2,21)22/h3-4,9,13H,5-8,10-11,17H2,1-2H3,(H,18,20)/t13-/m0/s1. The second-order valence-corrected chi connectivity index (χ2v) is 7.94. The fourth-order valence-electron chi connectivity index (χ4n) is 2.53. The summed E-state index contributed by atoms with van der Waals surface area (Å²) in [4.78, 5) is 12.5. The topological polar surface area (TPSA) is 111 Å². The number of carbonyl (C=O) groups is 1. The first kappa shape index (κ1) is 19.6. The van der Waals surface area contributed by atoms with Crippen molar-refractivity contribution < 1.29 is 22.7 Å². The molecule has 25 heavy (non-hydrogen) atoms. The summed E-state index contributed by atoms with van der Waals surface area (Å²) in [7, 11) is -3.26. The van der Waals surface area contributed by atoms with E-state index in [2.05, 4.69) is 5.32 Å². The molecule has 1 amide bonds. The van der Waals surface area contributed by atoms with Crippen molar-refractivity contribution in [1.29, 1.82) is 0 Å². The molecule has 1 atom stereocenters. The molecule has 9 heteroatoms. The fraction of sp³-hybridized carbons (Fsp3) is 0.562. The summed E-state index contributed by atoms with van der Waals surface area (Å²) < 4.78 is 35.7. The monoisotopic (exact) mass is 371 g/mol. The van der Waals surface area contributed by atoms with E-state index in [4.69, 9.17) is 15.2 Å². The summed E-state index contributed by atoms with van der Waals surface area (Å²) in [6.07, 6.45) is 0.785. The quantitative estimate of drug-likeness (QED) is 0.682. The number of amides is 1. The van der Waals surface area contributed by atoms with E-state index in [0.717, 1.165) is 5.56 Å². The van der Waals surface area contributed by atoms with E-state index in [9.17, 15) is 13.2 Å². The molecule has 2 rings (SSSR count). The summed E-state index contributed by atoms with van der Waals surface area (Å²) in [6, 6.07) is 5.34. The average molecular weight is 371 g/mol. The van der Waals surface area contributed by atoms with Gasteiger partial charge in [-0.05, 0) is 19.1 Å². The van der Waals surface area contributed by atoms with E-state index in [1.807, 2.05) is 13.0 Å². The Hall–Kier alpha value is -1.68. The van der Waals surface area contributed by atoms with Crippen LogP contribution in [0.15, 0.2) is 18.2 Å². The van der Waals surface area contributed by atoms with E-state index >= 15 is 0 Å². The van der Waals surface area contributed by atoms with Crippen LogP contribution in [0.2, 0.25) is 0 Å². The van der Waals surface area contributed by atoms with Gasteiger partial charge in [0.2, 0.25) is 10.0 Å². The SMILES string of the molecule is Cc1ccc(OCCN)c(C(=O)NC[C@H]2CN(S(C)(=O)=O)CCO2)c1. The van der Waals surface area contributed by atoms with Gasteiger partial charge < -0.3 is 20.5 Å². The molecule has 1 aliphatic rings. The highest BCUT2D eigenvalue weighted by molar-refractivity contribution is 7.88. The smallest absolute Gasteiger partial charge is 0.255 e. The zero-order valence-electron chi connectivity index (χ0n) is 14.5. The van der Waals surface area contributed by atoms with Gasteiger partial charge >= 0.3 is 0 Å². The number of nitrogens with zero attached hydrogens (tertiary/aromatic N) is 1. The Morgan fingerprint density at radius 2 is 2.24 bits per heavy atom. The number of hydrogen-bond acceptors (Lipinski definition) is 6. The molecule has 1 fully saturated rings. The first-order chi connectivity index (χ1) is 11.8. The Morgan fingerprint density at radius 3 is 2.92 bits per heavy atom. The second-order valence-electron chi connectivity index (χ2n) is 5.96. The highest BCUT2D eigenvalue weighted by atomic mass is 32.2. The van der Waals surface area contributed by atoms with Gasteiger partial charge in [0, 0.05) is 26.2 Å². The molecular weight excluding hydrogens is 346 g/mol. The Labute approximate surface area is 148 Å². The van der Waals surface area contributed by atoms with E-state index in [1.165, 1.54) is 10.6 Å². The number of sulfonamides is 1. The van der Waals surface area contributed by atoms with Crippen molar-refractivity contribution in [2.24, 2.45) is 5.73 Å². The van der Waals surface area contributed by atoms with E-state index in [1.54, 1.807) is 12.1 Å². The highest BCUT2D eigenvalue weighted by Gasteiger charge is 2.27. The summed E-state index contributed by atoms with van der Waals surface area (Å²) in [5.74, 6) is 0.173. The van der Waals surface area contributed by atoms with Crippen molar-refractivity contribution in [3.05, 3.63) is 29.3 Å². The van der Waals surface area contributed by atoms with Crippen LogP contribution < -0.4 is 15.8 Å². The number of hydrogen-bond donors (Lipinski definition) is 2. The van der Waals surface area contributed by atoms with Crippen LogP contribution in [-0.4, -0.2) is 70.4 Å². The second kappa shape index (κ2) is 8.61. The van der Waals surface area contributed by atoms with Gasteiger partial charge in [0.15, 0.2) is 0 Å². The van der Waals surface area contributed by atoms with E-state index < -0.39 is 10.0 Å². The van der Waals surface area contributed by atoms with Crippen LogP contribution in [0, 0.1) is 6.92 Å². The van der Waals surface area contributed by atoms with Gasteiger partial charge in [-0.25, -0.2) is 8.42 Å². The third-order valence-corrected chi connectivity index (χ3v) is 5.09. The van der Waals surface area contributed by atoms with Gasteiger partial charge in [-0.3, -0.25) is 4.79 Å². The van der Waals surface area contributed by atoms with Crippen molar-refractivity contribution >= 4 is 15.9 Å². The zero-order valence-corrected chi connectivity index (χ0v) is 15.3. The maximum Gasteiger partial charge on any atom is 0.255 e. The Balaban J connectivity index is 1.99. The normalized spacial score (nSPS) is 18.8. The number of nitrogens with one attached hydrogen (secondary N) is 1. The number of rotatable bonds is 7. The number of carbonyl (C=O) groups excluding carboxylic acids is 1. The molecule has 0 radical (unpaired) electrons. The number of nitrogens with two attached hydrogens (primary N) is 1. The van der Waals surface area contributed by atoms with Gasteiger partial charge in [-0.2, -0.15) is 4.31 Å². The minimum absolute atomic E-state index is 0.217. The molecule has 0 bridgehead atoms. The van der Waals surface area contributed by atoms with Crippen molar-refractivity contribution in [2.75, 3.05) is 45.6 Å². The van der Waals surface area contributed by atoms with Crippen molar-refractivity contribution in [3.8, 4) is 5.75 Å². The molecular formula is C16H25N3O5S. The third kappa shape index (κ3) is 5.67. The van der Waals surface area contributed by atoms with E-state index in [0.29, 0.717) is 37.6 Å². The van der Waals surface area contributed by atoms with Gasteiger partial charge in [-0.1, -0.05) is 11.6 Å². The number of aryl methyl sites for hydroxylation is 1. The minimum Gasteiger partial charge on any atom is -0.491 e. The summed E-state index contributed by atoms with van der Waals surface area (Å²) in [5, 5.41) is 2.79. The Bertz CT molecular complexity index is 708. The molecule has 1 saturated heterocycles. The molecule has 1 aromatic rings. The average Bonchev–Trinajstić information content (AvgIpc) is 2.58. The van der Waals surface area contributed by atoms with Gasteiger partial charge in [0.25, 0.3) is 5.91 Å². The van der Waals surface area contributed by atoms with Crippen LogP contribution in [0.25, 0.3) is 0 Å². The first-order valence-corrected chi connectivity index (χ1v) is 9.94. The Morgan fingerprint density at radius 1 is 1.48 bits per heavy atom. The molecule has 140 valence electrons. The predicted molar refractivity (Wildman–Crippen MR) is 94.2 cm³/mol. The van der Waals surface area contributed by atoms with Gasteiger partial charge in [0.1, 0.15) is 12.4 Å². The minimum atomic E-state index is -3.26. The predicted octanol–water partition coefficient (Wildman–Crippen LogP) is -0.277. The van der Waals surface area contributed by atoms with Crippen LogP contribution in [-0.2, 0) is 14.8 Å². The molecule has 3 N–H and O–H groups in total. The maximum absolute atomic E-state index is 12.5. The molecule has 0 saturated carbocycles. The lowest BCUT2D eigenvalue weighted by atomic mass is 10.1. The van der Waals surface area contributed by atoms with Gasteiger partial charge in [-0.15, -0.1) is 0 Å². The van der Waals surface area contributed by atoms with Crippen molar-refractivity contribution in [3.63, 3.8) is 0 Å². The molecule has 0 spiro atoms. The molecule has 1 heterocycles. The van der Waals surface area contributed by atoms with Crippen molar-refractivity contribution in [2.45, 2.75) is 13.0 Å². The van der Waals surface area contributed by atoms with Crippen LogP contribution in [0.4, 0.5) is 0 Å². The Kier molecular flexibility index (Phi) is 6.77. The summed E-state index contributed by atoms with van der Waals surface area (Å²) in [6.45, 7) is 3.64. The largest absolute Gasteiger partial charge is 0.491 e. The first-order valence-electron chi connectivity index (χ1n) is 8.09. The maximum atomic E-state index is 12.5. The number of ether oxygens (including phenoxy) is 2. The lowest BCUT2D eigenvalue weighted by Crippen LogP contribution is -2.49. The summed E-state index contributed by atoms with van der Waals surface area (Å²) >= 11 is 0. The summed E-state index contributed by atoms with van der Waals surface area (Å²) in [5.41, 5.74) is 6.79. The van der Waals surface area contributed by atoms with Crippen LogP contribution in [0.1, 0.15) is 15.9 Å². The van der Waals surface area contributed by atoms with Crippen LogP contribution >= 0.6 is 0 Å². The number of benzene rings is 1. The molecule has 0 aliphatic carbocycles. The highest BCUT2D eigenvalue weighted by Crippen LogP contribution is 2.20. The van der Waals surface area contributed by atoms with Crippen LogP contribution in [0.5, 0.6) is 5.75 Å². The number of morpholine rings is 1. The van der Waals surface area contributed by atoms with Crippen LogP contribution in [0.3, 0.4) is 0 Å². The zero-order chi connectivity index (χ0) is 18.4. The van der Waals surface area contributed by atoms with E-state index in [-0.39, 0.29) is 25.1 Å². The van der Waals surface area contributed by atoms with Crippen molar-refractivity contribution in [1.82, 2.24) is 9.62 Å². The third-order valence-electron chi connectivity index (χ3n) is 3.82. The molecule has 1 aliphatic heterocycles. The molecule has 0 aromatic heterocycles.